The third-order valence-corrected chi connectivity index (χ3v) is 6.13. The second-order valence-corrected chi connectivity index (χ2v) is 8.48. The number of anilines is 1. The zero-order valence-electron chi connectivity index (χ0n) is 18.4. The first kappa shape index (κ1) is 22.5. The van der Waals surface area contributed by atoms with Crippen molar-refractivity contribution in [2.75, 3.05) is 17.9 Å². The Labute approximate surface area is 205 Å². The predicted molar refractivity (Wildman–Crippen MR) is 129 cm³/mol. The summed E-state index contributed by atoms with van der Waals surface area (Å²) in [6.07, 6.45) is 1.60. The van der Waals surface area contributed by atoms with Crippen LogP contribution in [0, 0.1) is 0 Å². The molecule has 4 aromatic rings. The number of hydrogen-bond donors (Lipinski definition) is 1. The number of benzene rings is 3. The zero-order chi connectivity index (χ0) is 24.0. The highest BCUT2D eigenvalue weighted by atomic mass is 32.2. The van der Waals surface area contributed by atoms with Gasteiger partial charge >= 0.3 is 5.97 Å². The Morgan fingerprint density at radius 2 is 1.77 bits per heavy atom. The molecule has 2 heterocycles. The van der Waals surface area contributed by atoms with Crippen LogP contribution >= 0.6 is 11.8 Å². The van der Waals surface area contributed by atoms with Crippen molar-refractivity contribution in [3.05, 3.63) is 90.4 Å². The Bertz CT molecular complexity index is 1350. The van der Waals surface area contributed by atoms with E-state index in [0.29, 0.717) is 39.3 Å². The van der Waals surface area contributed by atoms with Gasteiger partial charge in [-0.05, 0) is 24.3 Å². The molecule has 0 spiro atoms. The molecular weight excluding hydrogens is 468 g/mol. The van der Waals surface area contributed by atoms with Crippen LogP contribution in [-0.4, -0.2) is 29.4 Å². The smallest absolute Gasteiger partial charge is 0.339 e. The third-order valence-electron chi connectivity index (χ3n) is 5.06. The molecule has 1 aliphatic heterocycles. The fourth-order valence-electron chi connectivity index (χ4n) is 3.39. The van der Waals surface area contributed by atoms with Gasteiger partial charge in [0.25, 0.3) is 0 Å². The Morgan fingerprint density at radius 1 is 0.971 bits per heavy atom. The van der Waals surface area contributed by atoms with Crippen LogP contribution in [0.15, 0.2) is 88.3 Å². The predicted octanol–water partition coefficient (Wildman–Crippen LogP) is 5.16. The van der Waals surface area contributed by atoms with Gasteiger partial charge in [0.2, 0.25) is 18.6 Å². The lowest BCUT2D eigenvalue weighted by molar-refractivity contribution is -0.113. The Balaban J connectivity index is 1.17. The maximum Gasteiger partial charge on any atom is 0.339 e. The van der Waals surface area contributed by atoms with Crippen molar-refractivity contribution in [2.24, 2.45) is 0 Å². The van der Waals surface area contributed by atoms with Crippen LogP contribution in [-0.2, 0) is 16.1 Å². The summed E-state index contributed by atoms with van der Waals surface area (Å²) in [7, 11) is 0. The number of carbonyl (C=O) groups excluding carboxylic acids is 2. The van der Waals surface area contributed by atoms with E-state index in [-0.39, 0.29) is 25.1 Å². The lowest BCUT2D eigenvalue weighted by Gasteiger charge is -2.09. The number of nitrogens with one attached hydrogen (secondary N) is 1. The fourth-order valence-corrected chi connectivity index (χ4v) is 4.23. The van der Waals surface area contributed by atoms with Crippen LogP contribution in [0.4, 0.5) is 5.69 Å². The summed E-state index contributed by atoms with van der Waals surface area (Å²) in [4.78, 5) is 30.0. The topological polar surface area (TPSA) is 99.9 Å². The van der Waals surface area contributed by atoms with Gasteiger partial charge in [-0.2, -0.15) is 0 Å². The van der Waals surface area contributed by atoms with E-state index in [1.807, 2.05) is 30.3 Å². The number of ether oxygens (including phenoxy) is 3. The summed E-state index contributed by atoms with van der Waals surface area (Å²) < 4.78 is 21.7. The molecule has 3 aromatic carbocycles. The number of amides is 1. The van der Waals surface area contributed by atoms with Crippen molar-refractivity contribution in [2.45, 2.75) is 11.5 Å². The van der Waals surface area contributed by atoms with Crippen LogP contribution in [0.3, 0.4) is 0 Å². The summed E-state index contributed by atoms with van der Waals surface area (Å²) in [5, 5.41) is 2.82. The lowest BCUT2D eigenvalue weighted by Crippen LogP contribution is -2.14. The lowest BCUT2D eigenvalue weighted by atomic mass is 10.2. The molecule has 5 rings (SSSR count). The highest BCUT2D eigenvalue weighted by Crippen LogP contribution is 2.34. The van der Waals surface area contributed by atoms with Crippen LogP contribution in [0.1, 0.15) is 16.2 Å². The van der Waals surface area contributed by atoms with Gasteiger partial charge in [0.05, 0.1) is 17.5 Å². The molecule has 1 amide bonds. The van der Waals surface area contributed by atoms with Gasteiger partial charge in [-0.15, -0.1) is 11.8 Å². The van der Waals surface area contributed by atoms with Crippen LogP contribution in [0.5, 0.6) is 11.5 Å². The molecular formula is C26H20N2O6S. The molecule has 1 N–H and O–H groups in total. The Hall–Kier alpha value is -4.24. The number of nitrogens with zero attached hydrogens (tertiary/aromatic N) is 1. The van der Waals surface area contributed by atoms with E-state index in [1.165, 1.54) is 11.8 Å². The minimum absolute atomic E-state index is 0.102. The quantitative estimate of drug-likeness (QED) is 0.268. The highest BCUT2D eigenvalue weighted by Gasteiger charge is 2.17. The van der Waals surface area contributed by atoms with Crippen LogP contribution in [0.2, 0.25) is 0 Å². The minimum atomic E-state index is -0.524. The number of aromatic nitrogens is 1. The van der Waals surface area contributed by atoms with Crippen molar-refractivity contribution >= 4 is 29.3 Å². The number of rotatable bonds is 8. The average molecular weight is 489 g/mol. The van der Waals surface area contributed by atoms with E-state index in [2.05, 4.69) is 10.3 Å². The summed E-state index contributed by atoms with van der Waals surface area (Å²) in [5.74, 6) is 1.50. The number of thioether (sulfide) groups is 1. The van der Waals surface area contributed by atoms with Gasteiger partial charge in [-0.1, -0.05) is 42.5 Å². The van der Waals surface area contributed by atoms with Crippen molar-refractivity contribution in [3.63, 3.8) is 0 Å². The van der Waals surface area contributed by atoms with Gasteiger partial charge in [0.15, 0.2) is 23.9 Å². The summed E-state index contributed by atoms with van der Waals surface area (Å²) >= 11 is 1.24. The highest BCUT2D eigenvalue weighted by molar-refractivity contribution is 8.00. The molecule has 0 bridgehead atoms. The second-order valence-electron chi connectivity index (χ2n) is 7.46. The largest absolute Gasteiger partial charge is 0.454 e. The Kier molecular flexibility index (Phi) is 6.67. The van der Waals surface area contributed by atoms with Crippen molar-refractivity contribution in [3.8, 4) is 22.8 Å². The van der Waals surface area contributed by atoms with E-state index in [9.17, 15) is 9.59 Å². The van der Waals surface area contributed by atoms with Gasteiger partial charge in [-0.3, -0.25) is 4.79 Å². The molecule has 0 saturated carbocycles. The van der Waals surface area contributed by atoms with Crippen LogP contribution < -0.4 is 14.8 Å². The summed E-state index contributed by atoms with van der Waals surface area (Å²) in [5.41, 5.74) is 1.86. The van der Waals surface area contributed by atoms with Crippen molar-refractivity contribution in [1.82, 2.24) is 4.98 Å². The number of esters is 1. The van der Waals surface area contributed by atoms with Crippen molar-refractivity contribution in [1.29, 1.82) is 0 Å². The van der Waals surface area contributed by atoms with Gasteiger partial charge in [0.1, 0.15) is 0 Å². The summed E-state index contributed by atoms with van der Waals surface area (Å²) in [6, 6.07) is 21.7. The number of hydrogen-bond acceptors (Lipinski definition) is 8. The first-order valence-electron chi connectivity index (χ1n) is 10.7. The zero-order valence-corrected chi connectivity index (χ0v) is 19.2. The third kappa shape index (κ3) is 5.47. The minimum Gasteiger partial charge on any atom is -0.454 e. The molecule has 9 heteroatoms. The maximum absolute atomic E-state index is 12.7. The molecule has 0 fully saturated rings. The monoisotopic (exact) mass is 488 g/mol. The summed E-state index contributed by atoms with van der Waals surface area (Å²) in [6.45, 7) is 0.0644. The van der Waals surface area contributed by atoms with Gasteiger partial charge in [0, 0.05) is 22.2 Å². The molecule has 176 valence electrons. The molecule has 0 aliphatic carbocycles. The van der Waals surface area contributed by atoms with E-state index in [4.69, 9.17) is 18.6 Å². The molecule has 8 nitrogen and oxygen atoms in total. The maximum atomic E-state index is 12.7. The van der Waals surface area contributed by atoms with Gasteiger partial charge < -0.3 is 23.9 Å². The van der Waals surface area contributed by atoms with Gasteiger partial charge in [-0.25, -0.2) is 9.78 Å². The Morgan fingerprint density at radius 3 is 2.66 bits per heavy atom. The van der Waals surface area contributed by atoms with Crippen LogP contribution in [0.25, 0.3) is 11.3 Å². The second kappa shape index (κ2) is 10.4. The van der Waals surface area contributed by atoms with E-state index in [0.717, 1.165) is 5.56 Å². The number of carbonyl (C=O) groups is 2. The fraction of sp³-hybridized carbons (Fsp3) is 0.115. The SMILES string of the molecule is O=C(CSc1ccccc1C(=O)OCc1ncc(-c2ccccc2)o1)Nc1ccc2c(c1)OCO2. The van der Waals surface area contributed by atoms with E-state index >= 15 is 0 Å². The number of oxazole rings is 1. The molecule has 1 aromatic heterocycles. The number of fused-ring (bicyclic) bond motifs is 1. The van der Waals surface area contributed by atoms with E-state index in [1.54, 1.807) is 48.7 Å². The first-order valence-corrected chi connectivity index (χ1v) is 11.7. The normalized spacial score (nSPS) is 11.8. The molecule has 0 atom stereocenters. The first-order chi connectivity index (χ1) is 17.2. The van der Waals surface area contributed by atoms with E-state index < -0.39 is 5.97 Å². The molecule has 0 radical (unpaired) electrons. The standard InChI is InChI=1S/C26H20N2O6S/c29-24(28-18-10-11-20-21(12-18)33-16-32-20)15-35-23-9-5-4-8-19(23)26(30)31-14-25-27-13-22(34-25)17-6-2-1-3-7-17/h1-13H,14-16H2,(H,28,29). The average Bonchev–Trinajstić information content (AvgIpc) is 3.56. The molecule has 0 saturated heterocycles. The molecule has 1 aliphatic rings. The molecule has 35 heavy (non-hydrogen) atoms. The van der Waals surface area contributed by atoms with Crippen molar-refractivity contribution < 1.29 is 28.2 Å². The molecule has 0 unspecified atom stereocenters.